The average molecular weight is 371 g/mol. The molecule has 4 aliphatic rings. The molecule has 0 aromatic rings. The Morgan fingerprint density at radius 1 is 1.04 bits per heavy atom. The van der Waals surface area contributed by atoms with Crippen LogP contribution in [-0.4, -0.2) is 5.78 Å². The number of ketones is 1. The van der Waals surface area contributed by atoms with Crippen LogP contribution < -0.4 is 0 Å². The van der Waals surface area contributed by atoms with Gasteiger partial charge in [-0.2, -0.15) is 0 Å². The van der Waals surface area contributed by atoms with Crippen molar-refractivity contribution in [2.45, 2.75) is 98.8 Å². The lowest BCUT2D eigenvalue weighted by Gasteiger charge is -2.51. The maximum atomic E-state index is 12.1. The quantitative estimate of drug-likeness (QED) is 0.500. The predicted molar refractivity (Wildman–Crippen MR) is 113 cm³/mol. The molecule has 4 rings (SSSR count). The zero-order valence-electron chi connectivity index (χ0n) is 18.5. The number of rotatable bonds is 5. The van der Waals surface area contributed by atoms with Crippen LogP contribution in [0.5, 0.6) is 0 Å². The van der Waals surface area contributed by atoms with Gasteiger partial charge < -0.3 is 0 Å². The highest BCUT2D eigenvalue weighted by Crippen LogP contribution is 2.69. The molecule has 7 atom stereocenters. The Kier molecular flexibility index (Phi) is 5.13. The third kappa shape index (κ3) is 3.16. The largest absolute Gasteiger partial charge is 0.295 e. The van der Waals surface area contributed by atoms with Gasteiger partial charge >= 0.3 is 0 Å². The van der Waals surface area contributed by atoms with Crippen molar-refractivity contribution in [3.8, 4) is 0 Å². The molecule has 0 spiro atoms. The lowest BCUT2D eigenvalue weighted by atomic mass is 9.54. The number of fused-ring (bicyclic) bond motifs is 5. The second kappa shape index (κ2) is 7.03. The molecule has 3 saturated carbocycles. The van der Waals surface area contributed by atoms with E-state index in [4.69, 9.17) is 0 Å². The summed E-state index contributed by atoms with van der Waals surface area (Å²) in [5, 5.41) is 0. The maximum Gasteiger partial charge on any atom is 0.155 e. The van der Waals surface area contributed by atoms with Crippen LogP contribution in [0.15, 0.2) is 11.6 Å². The van der Waals surface area contributed by atoms with Crippen LogP contribution in [0.4, 0.5) is 0 Å². The van der Waals surface area contributed by atoms with Gasteiger partial charge in [0, 0.05) is 6.42 Å². The van der Waals surface area contributed by atoms with Gasteiger partial charge in [0.15, 0.2) is 5.78 Å². The summed E-state index contributed by atoms with van der Waals surface area (Å²) in [4.78, 5) is 12.1. The standard InChI is InChI=1S/C26H42O/c1-17(2)7-6-8-18(3)22-9-10-23-21-16-19-15-20(27)11-13-25(19,4)24(21)12-14-26(22,23)5/h15,17-18,21-24H,6-14,16H2,1-5H3/t18-,21+,22?,23+,24+,25+,26-/m1/s1. The smallest absolute Gasteiger partial charge is 0.155 e. The molecule has 0 N–H and O–H groups in total. The van der Waals surface area contributed by atoms with Crippen molar-refractivity contribution in [3.63, 3.8) is 0 Å². The molecule has 152 valence electrons. The first-order valence-electron chi connectivity index (χ1n) is 12.0. The first-order valence-corrected chi connectivity index (χ1v) is 12.0. The molecule has 0 amide bonds. The molecular formula is C26H42O. The van der Waals surface area contributed by atoms with Crippen molar-refractivity contribution in [1.82, 2.24) is 0 Å². The van der Waals surface area contributed by atoms with Crippen molar-refractivity contribution < 1.29 is 4.79 Å². The number of carbonyl (C=O) groups excluding carboxylic acids is 1. The zero-order chi connectivity index (χ0) is 19.4. The molecule has 0 heterocycles. The van der Waals surface area contributed by atoms with E-state index >= 15 is 0 Å². The average Bonchev–Trinajstić information content (AvgIpc) is 3.09. The van der Waals surface area contributed by atoms with Crippen LogP contribution in [0.1, 0.15) is 98.8 Å². The summed E-state index contributed by atoms with van der Waals surface area (Å²) >= 11 is 0. The van der Waals surface area contributed by atoms with Gasteiger partial charge in [-0.15, -0.1) is 0 Å². The molecule has 0 aromatic carbocycles. The molecule has 1 heteroatoms. The lowest BCUT2D eigenvalue weighted by molar-refractivity contribution is -0.116. The highest BCUT2D eigenvalue weighted by Gasteiger charge is 2.61. The Hall–Kier alpha value is -0.590. The van der Waals surface area contributed by atoms with Crippen LogP contribution in [-0.2, 0) is 4.79 Å². The summed E-state index contributed by atoms with van der Waals surface area (Å²) in [6, 6.07) is 0. The van der Waals surface area contributed by atoms with E-state index in [0.29, 0.717) is 16.6 Å². The van der Waals surface area contributed by atoms with Gasteiger partial charge in [-0.05, 0) is 90.9 Å². The highest BCUT2D eigenvalue weighted by atomic mass is 16.1. The number of carbonyl (C=O) groups is 1. The molecule has 1 nitrogen and oxygen atoms in total. The number of allylic oxidation sites excluding steroid dienone is 2. The van der Waals surface area contributed by atoms with Crippen LogP contribution in [0.2, 0.25) is 0 Å². The molecule has 4 aliphatic carbocycles. The molecular weight excluding hydrogens is 328 g/mol. The summed E-state index contributed by atoms with van der Waals surface area (Å²) in [7, 11) is 0. The van der Waals surface area contributed by atoms with E-state index in [1.165, 1.54) is 56.9 Å². The van der Waals surface area contributed by atoms with E-state index in [9.17, 15) is 4.79 Å². The Balaban J connectivity index is 1.50. The van der Waals surface area contributed by atoms with E-state index in [2.05, 4.69) is 40.7 Å². The summed E-state index contributed by atoms with van der Waals surface area (Å²) in [6.07, 6.45) is 15.2. The fourth-order valence-electron chi connectivity index (χ4n) is 8.33. The van der Waals surface area contributed by atoms with E-state index in [-0.39, 0.29) is 0 Å². The monoisotopic (exact) mass is 370 g/mol. The van der Waals surface area contributed by atoms with Gasteiger partial charge in [-0.3, -0.25) is 4.79 Å². The molecule has 0 saturated heterocycles. The molecule has 0 bridgehead atoms. The summed E-state index contributed by atoms with van der Waals surface area (Å²) in [5.74, 6) is 5.68. The van der Waals surface area contributed by atoms with Crippen LogP contribution >= 0.6 is 0 Å². The maximum absolute atomic E-state index is 12.1. The predicted octanol–water partition coefficient (Wildman–Crippen LogP) is 7.21. The topological polar surface area (TPSA) is 17.1 Å². The molecule has 0 aliphatic heterocycles. The molecule has 1 unspecified atom stereocenters. The van der Waals surface area contributed by atoms with Crippen molar-refractivity contribution in [2.24, 2.45) is 46.3 Å². The van der Waals surface area contributed by atoms with Gasteiger partial charge in [0.05, 0.1) is 0 Å². The van der Waals surface area contributed by atoms with Gasteiger partial charge in [0.1, 0.15) is 0 Å². The number of hydrogen-bond acceptors (Lipinski definition) is 1. The zero-order valence-corrected chi connectivity index (χ0v) is 18.5. The van der Waals surface area contributed by atoms with Crippen molar-refractivity contribution in [3.05, 3.63) is 11.6 Å². The Morgan fingerprint density at radius 2 is 1.81 bits per heavy atom. The third-order valence-corrected chi connectivity index (χ3v) is 9.87. The SMILES string of the molecule is CC(C)CCC[C@@H](C)C1CC[C@H]2[C@@H]3CC4=CC(=O)CC[C@]4(C)[C@H]3CC[C@]12C. The summed E-state index contributed by atoms with van der Waals surface area (Å²) in [6.45, 7) is 12.4. The van der Waals surface area contributed by atoms with Gasteiger partial charge in [0.2, 0.25) is 0 Å². The van der Waals surface area contributed by atoms with Gasteiger partial charge in [-0.25, -0.2) is 0 Å². The first-order chi connectivity index (χ1) is 12.8. The van der Waals surface area contributed by atoms with E-state index in [1.807, 2.05) is 0 Å². The molecule has 0 aromatic heterocycles. The van der Waals surface area contributed by atoms with Crippen LogP contribution in [0.25, 0.3) is 0 Å². The fraction of sp³-hybridized carbons (Fsp3) is 0.885. The molecule has 0 radical (unpaired) electrons. The Bertz CT molecular complexity index is 616. The first kappa shape index (κ1) is 19.7. The highest BCUT2D eigenvalue weighted by molar-refractivity contribution is 5.91. The minimum atomic E-state index is 0.348. The summed E-state index contributed by atoms with van der Waals surface area (Å²) in [5.41, 5.74) is 2.44. The fourth-order valence-corrected chi connectivity index (χ4v) is 8.33. The normalized spacial score (nSPS) is 44.7. The van der Waals surface area contributed by atoms with E-state index < -0.39 is 0 Å². The third-order valence-electron chi connectivity index (χ3n) is 9.87. The molecule has 27 heavy (non-hydrogen) atoms. The minimum Gasteiger partial charge on any atom is -0.295 e. The lowest BCUT2D eigenvalue weighted by Crippen LogP contribution is -2.44. The molecule has 3 fully saturated rings. The minimum absolute atomic E-state index is 0.348. The second-order valence-electron chi connectivity index (χ2n) is 11.7. The van der Waals surface area contributed by atoms with E-state index in [0.717, 1.165) is 48.3 Å². The number of hydrogen-bond donors (Lipinski definition) is 0. The Labute approximate surface area is 167 Å². The van der Waals surface area contributed by atoms with Crippen molar-refractivity contribution in [2.75, 3.05) is 0 Å². The van der Waals surface area contributed by atoms with Crippen molar-refractivity contribution >= 4 is 5.78 Å². The van der Waals surface area contributed by atoms with Crippen LogP contribution in [0.3, 0.4) is 0 Å². The van der Waals surface area contributed by atoms with Crippen LogP contribution in [0, 0.1) is 46.3 Å². The Morgan fingerprint density at radius 3 is 2.56 bits per heavy atom. The van der Waals surface area contributed by atoms with Gasteiger partial charge in [0.25, 0.3) is 0 Å². The van der Waals surface area contributed by atoms with Crippen molar-refractivity contribution in [1.29, 1.82) is 0 Å². The second-order valence-corrected chi connectivity index (χ2v) is 11.7. The summed E-state index contributed by atoms with van der Waals surface area (Å²) < 4.78 is 0. The van der Waals surface area contributed by atoms with E-state index in [1.54, 1.807) is 0 Å². The van der Waals surface area contributed by atoms with Gasteiger partial charge in [-0.1, -0.05) is 59.5 Å².